The first-order chi connectivity index (χ1) is 1.91. The Bertz CT molecular complexity index is 11.6. The standard InChI is InChI=1S/C2H7NO.Sb/c3-1-2-4;/h4H,1-3H2;. The van der Waals surface area contributed by atoms with Gasteiger partial charge in [-0.1, -0.05) is 0 Å². The maximum atomic E-state index is 7.75. The van der Waals surface area contributed by atoms with E-state index in [4.69, 9.17) is 10.8 Å². The molecule has 5 heavy (non-hydrogen) atoms. The fraction of sp³-hybridized carbons (Fsp3) is 1.00. The summed E-state index contributed by atoms with van der Waals surface area (Å²) in [7, 11) is 0. The van der Waals surface area contributed by atoms with Crippen molar-refractivity contribution in [3.8, 4) is 0 Å². The van der Waals surface area contributed by atoms with Crippen LogP contribution in [0.3, 0.4) is 0 Å². The van der Waals surface area contributed by atoms with Crippen molar-refractivity contribution in [1.29, 1.82) is 0 Å². The molecule has 0 aromatic rings. The van der Waals surface area contributed by atoms with Crippen molar-refractivity contribution in [2.45, 2.75) is 0 Å². The first kappa shape index (κ1) is 9.22. The molecular weight excluding hydrogens is 176 g/mol. The maximum Gasteiger partial charge on any atom is 0.0553 e. The molecule has 0 bridgehead atoms. The van der Waals surface area contributed by atoms with E-state index in [2.05, 4.69) is 0 Å². The molecule has 0 atom stereocenters. The zero-order valence-corrected chi connectivity index (χ0v) is 5.44. The molecule has 0 aromatic carbocycles. The van der Waals surface area contributed by atoms with Gasteiger partial charge < -0.3 is 10.8 Å². The number of aliphatic hydroxyl groups is 1. The number of rotatable bonds is 1. The van der Waals surface area contributed by atoms with Crippen molar-refractivity contribution < 1.29 is 5.11 Å². The summed E-state index contributed by atoms with van der Waals surface area (Å²) in [6, 6.07) is 0. The second kappa shape index (κ2) is 8.83. The fourth-order valence-corrected chi connectivity index (χ4v) is 0. The van der Waals surface area contributed by atoms with E-state index in [0.29, 0.717) is 6.54 Å². The Balaban J connectivity index is 0. The Hall–Kier alpha value is 0.738. The zero-order chi connectivity index (χ0) is 3.41. The van der Waals surface area contributed by atoms with E-state index in [0.717, 1.165) is 0 Å². The van der Waals surface area contributed by atoms with Gasteiger partial charge in [0.2, 0.25) is 0 Å². The van der Waals surface area contributed by atoms with E-state index in [1.54, 1.807) is 0 Å². The third kappa shape index (κ3) is 11.8. The summed E-state index contributed by atoms with van der Waals surface area (Å²) in [6.45, 7) is 0.472. The largest absolute Gasteiger partial charge is 0.395 e. The Labute approximate surface area is 48.8 Å². The summed E-state index contributed by atoms with van der Waals surface area (Å²) in [5, 5.41) is 7.75. The van der Waals surface area contributed by atoms with Crippen LogP contribution in [0.4, 0.5) is 0 Å². The van der Waals surface area contributed by atoms with E-state index in [-0.39, 0.29) is 31.0 Å². The minimum Gasteiger partial charge on any atom is -0.395 e. The molecule has 0 rings (SSSR count). The molecule has 3 heteroatoms. The van der Waals surface area contributed by atoms with Crippen molar-refractivity contribution >= 4 is 24.4 Å². The van der Waals surface area contributed by atoms with Gasteiger partial charge in [0.25, 0.3) is 0 Å². The number of aliphatic hydroxyl groups excluding tert-OH is 1. The molecule has 0 aliphatic carbocycles. The molecular formula is C2H7NOSb. The molecule has 0 aliphatic heterocycles. The summed E-state index contributed by atoms with van der Waals surface area (Å²) in [4.78, 5) is 0. The average Bonchev–Trinajstić information content (AvgIpc) is 1.37. The number of nitrogens with two attached hydrogens (primary N) is 1. The molecule has 2 nitrogen and oxygen atoms in total. The smallest absolute Gasteiger partial charge is 0.0553 e. The van der Waals surface area contributed by atoms with E-state index in [1.807, 2.05) is 0 Å². The molecule has 31 valence electrons. The Morgan fingerprint density at radius 3 is 1.80 bits per heavy atom. The van der Waals surface area contributed by atoms with Gasteiger partial charge in [0.05, 0.1) is 6.61 Å². The van der Waals surface area contributed by atoms with Crippen LogP contribution in [0.15, 0.2) is 0 Å². The van der Waals surface area contributed by atoms with Gasteiger partial charge in [-0.15, -0.1) is 0 Å². The minimum absolute atomic E-state index is 0. The summed E-state index contributed by atoms with van der Waals surface area (Å²) in [6.07, 6.45) is 0. The van der Waals surface area contributed by atoms with Crippen LogP contribution >= 0.6 is 0 Å². The topological polar surface area (TPSA) is 46.2 Å². The van der Waals surface area contributed by atoms with Crippen LogP contribution in [0.1, 0.15) is 0 Å². The van der Waals surface area contributed by atoms with Crippen LogP contribution in [-0.2, 0) is 0 Å². The molecule has 0 unspecified atom stereocenters. The quantitative estimate of drug-likeness (QED) is 0.488. The summed E-state index contributed by atoms with van der Waals surface area (Å²) >= 11 is 0. The average molecular weight is 183 g/mol. The van der Waals surface area contributed by atoms with Crippen molar-refractivity contribution in [3.63, 3.8) is 0 Å². The second-order valence-corrected chi connectivity index (χ2v) is 0.512. The van der Waals surface area contributed by atoms with E-state index >= 15 is 0 Å². The molecule has 0 amide bonds. The van der Waals surface area contributed by atoms with Crippen LogP contribution < -0.4 is 5.73 Å². The van der Waals surface area contributed by atoms with Crippen molar-refractivity contribution in [1.82, 2.24) is 0 Å². The molecule has 0 aromatic heterocycles. The Kier molecular flexibility index (Phi) is 16.3. The Morgan fingerprint density at radius 2 is 1.80 bits per heavy atom. The predicted octanol–water partition coefficient (Wildman–Crippen LogP) is -1.44. The molecule has 0 aliphatic rings. The molecule has 0 saturated heterocycles. The fourth-order valence-electron chi connectivity index (χ4n) is 0. The predicted molar refractivity (Wildman–Crippen MR) is 21.9 cm³/mol. The van der Waals surface area contributed by atoms with Crippen LogP contribution in [0.5, 0.6) is 0 Å². The first-order valence-corrected chi connectivity index (χ1v) is 1.22. The summed E-state index contributed by atoms with van der Waals surface area (Å²) in [5.74, 6) is 0. The second-order valence-electron chi connectivity index (χ2n) is 0.512. The third-order valence-corrected chi connectivity index (χ3v) is 0.129. The molecule has 3 N–H and O–H groups in total. The van der Waals surface area contributed by atoms with Crippen molar-refractivity contribution in [2.24, 2.45) is 5.73 Å². The first-order valence-electron chi connectivity index (χ1n) is 1.22. The van der Waals surface area contributed by atoms with E-state index < -0.39 is 0 Å². The van der Waals surface area contributed by atoms with Gasteiger partial charge in [0.1, 0.15) is 0 Å². The maximum absolute atomic E-state index is 7.75. The van der Waals surface area contributed by atoms with Gasteiger partial charge in [0.15, 0.2) is 0 Å². The van der Waals surface area contributed by atoms with Gasteiger partial charge in [-0.05, 0) is 0 Å². The van der Waals surface area contributed by atoms with Gasteiger partial charge in [-0.2, -0.15) is 0 Å². The number of hydrogen-bond acceptors (Lipinski definition) is 2. The molecule has 3 radical (unpaired) electrons. The van der Waals surface area contributed by atoms with Crippen molar-refractivity contribution in [2.75, 3.05) is 13.2 Å². The molecule has 0 fully saturated rings. The monoisotopic (exact) mass is 182 g/mol. The minimum atomic E-state index is 0. The van der Waals surface area contributed by atoms with Gasteiger partial charge in [-0.3, -0.25) is 0 Å². The normalized spacial score (nSPS) is 6.00. The molecule has 0 saturated carbocycles. The van der Waals surface area contributed by atoms with E-state index in [9.17, 15) is 0 Å². The van der Waals surface area contributed by atoms with Gasteiger partial charge in [-0.25, -0.2) is 0 Å². The molecule has 0 spiro atoms. The van der Waals surface area contributed by atoms with Crippen LogP contribution in [0.25, 0.3) is 0 Å². The summed E-state index contributed by atoms with van der Waals surface area (Å²) in [5.41, 5.74) is 4.78. The molecule has 0 heterocycles. The van der Waals surface area contributed by atoms with Gasteiger partial charge >= 0.3 is 0 Å². The van der Waals surface area contributed by atoms with E-state index in [1.165, 1.54) is 0 Å². The van der Waals surface area contributed by atoms with Gasteiger partial charge in [0, 0.05) is 31.0 Å². The third-order valence-electron chi connectivity index (χ3n) is 0.129. The van der Waals surface area contributed by atoms with Crippen LogP contribution in [0, 0.1) is 0 Å². The van der Waals surface area contributed by atoms with Crippen LogP contribution in [-0.4, -0.2) is 42.7 Å². The number of hydrogen-bond donors (Lipinski definition) is 2. The SMILES string of the molecule is NCCO.[Sb]. The summed E-state index contributed by atoms with van der Waals surface area (Å²) < 4.78 is 0. The zero-order valence-electron chi connectivity index (χ0n) is 2.89. The van der Waals surface area contributed by atoms with Crippen molar-refractivity contribution in [3.05, 3.63) is 0 Å². The Morgan fingerprint density at radius 1 is 1.60 bits per heavy atom. The van der Waals surface area contributed by atoms with Crippen LogP contribution in [0.2, 0.25) is 0 Å².